The van der Waals surface area contributed by atoms with Gasteiger partial charge in [-0.05, 0) is 51.4 Å². The number of benzene rings is 1. The van der Waals surface area contributed by atoms with Gasteiger partial charge in [0.15, 0.2) is 0 Å². The highest BCUT2D eigenvalue weighted by atomic mass is 16.4. The predicted octanol–water partition coefficient (Wildman–Crippen LogP) is 3.35. The number of nitrogens with zero attached hydrogens (tertiary/aromatic N) is 3. The van der Waals surface area contributed by atoms with Crippen LogP contribution in [0.4, 0.5) is 10.5 Å². The predicted molar refractivity (Wildman–Crippen MR) is 96.5 cm³/mol. The zero-order valence-corrected chi connectivity index (χ0v) is 14.7. The number of anilines is 1. The van der Waals surface area contributed by atoms with Crippen LogP contribution in [0.1, 0.15) is 25.0 Å². The fourth-order valence-corrected chi connectivity index (χ4v) is 3.91. The average molecular weight is 340 g/mol. The number of urea groups is 1. The molecule has 0 aliphatic carbocycles. The van der Waals surface area contributed by atoms with Gasteiger partial charge in [0.1, 0.15) is 5.76 Å². The van der Waals surface area contributed by atoms with Crippen molar-refractivity contribution in [1.29, 1.82) is 0 Å². The highest BCUT2D eigenvalue weighted by Crippen LogP contribution is 2.29. The van der Waals surface area contributed by atoms with Gasteiger partial charge in [0.2, 0.25) is 5.89 Å². The number of carbonyl (C=O) groups excluding carboxylic acids is 1. The monoisotopic (exact) mass is 340 g/mol. The smallest absolute Gasteiger partial charge is 0.321 e. The molecule has 6 heteroatoms. The normalized spacial score (nSPS) is 23.5. The van der Waals surface area contributed by atoms with Gasteiger partial charge in [-0.25, -0.2) is 9.78 Å². The van der Waals surface area contributed by atoms with E-state index in [2.05, 4.69) is 22.2 Å². The molecule has 2 bridgehead atoms. The molecule has 2 aromatic rings. The van der Waals surface area contributed by atoms with Crippen LogP contribution in [0.25, 0.3) is 11.5 Å². The van der Waals surface area contributed by atoms with Crippen molar-refractivity contribution in [1.82, 2.24) is 14.8 Å². The fourth-order valence-electron chi connectivity index (χ4n) is 3.91. The lowest BCUT2D eigenvalue weighted by Gasteiger charge is -2.26. The van der Waals surface area contributed by atoms with E-state index in [-0.39, 0.29) is 6.03 Å². The number of carbonyl (C=O) groups is 1. The second-order valence-electron chi connectivity index (χ2n) is 7.07. The summed E-state index contributed by atoms with van der Waals surface area (Å²) in [6.45, 7) is 3.49. The van der Waals surface area contributed by atoms with Crippen LogP contribution in [0.15, 0.2) is 34.9 Å². The van der Waals surface area contributed by atoms with Crippen LogP contribution in [0.5, 0.6) is 0 Å². The summed E-state index contributed by atoms with van der Waals surface area (Å²) in [5.41, 5.74) is 1.63. The molecular weight excluding hydrogens is 316 g/mol. The molecule has 1 N–H and O–H groups in total. The lowest BCUT2D eigenvalue weighted by molar-refractivity contribution is 0.200. The first-order valence-electron chi connectivity index (χ1n) is 8.91. The quantitative estimate of drug-likeness (QED) is 0.911. The van der Waals surface area contributed by atoms with Crippen molar-refractivity contribution in [2.75, 3.05) is 25.5 Å². The second kappa shape index (κ2) is 6.52. The number of hydrogen-bond acceptors (Lipinski definition) is 4. The Morgan fingerprint density at radius 1 is 1.28 bits per heavy atom. The molecule has 0 spiro atoms. The largest absolute Gasteiger partial charge is 0.441 e. The summed E-state index contributed by atoms with van der Waals surface area (Å²) in [7, 11) is 2.19. The molecule has 2 aliphatic heterocycles. The number of aryl methyl sites for hydroxylation is 1. The summed E-state index contributed by atoms with van der Waals surface area (Å²) >= 11 is 0. The number of rotatable bonds is 2. The lowest BCUT2D eigenvalue weighted by Crippen LogP contribution is -2.41. The first-order valence-corrected chi connectivity index (χ1v) is 8.91. The molecule has 2 saturated heterocycles. The Morgan fingerprint density at radius 3 is 2.92 bits per heavy atom. The minimum Gasteiger partial charge on any atom is -0.441 e. The zero-order chi connectivity index (χ0) is 17.4. The molecule has 6 nitrogen and oxygen atoms in total. The van der Waals surface area contributed by atoms with E-state index >= 15 is 0 Å². The van der Waals surface area contributed by atoms with Gasteiger partial charge < -0.3 is 14.6 Å². The second-order valence-corrected chi connectivity index (χ2v) is 7.07. The first-order chi connectivity index (χ1) is 12.1. The molecule has 0 saturated carbocycles. The zero-order valence-electron chi connectivity index (χ0n) is 14.7. The van der Waals surface area contributed by atoms with Crippen molar-refractivity contribution in [3.8, 4) is 11.5 Å². The summed E-state index contributed by atoms with van der Waals surface area (Å²) in [5.74, 6) is 1.34. The minimum absolute atomic E-state index is 0.0262. The Bertz CT molecular complexity index is 772. The van der Waals surface area contributed by atoms with Crippen LogP contribution in [0.2, 0.25) is 0 Å². The fraction of sp³-hybridized carbons (Fsp3) is 0.474. The molecule has 132 valence electrons. The Balaban J connectivity index is 1.46. The maximum absolute atomic E-state index is 12.7. The van der Waals surface area contributed by atoms with Crippen molar-refractivity contribution in [3.05, 3.63) is 36.2 Å². The van der Waals surface area contributed by atoms with Gasteiger partial charge in [-0.1, -0.05) is 6.07 Å². The third-order valence-corrected chi connectivity index (χ3v) is 5.42. The Labute approximate surface area is 147 Å². The summed E-state index contributed by atoms with van der Waals surface area (Å²) in [6.07, 6.45) is 5.19. The summed E-state index contributed by atoms with van der Waals surface area (Å²) in [5, 5.41) is 3.03. The van der Waals surface area contributed by atoms with Crippen molar-refractivity contribution < 1.29 is 9.21 Å². The Morgan fingerprint density at radius 2 is 2.12 bits per heavy atom. The van der Waals surface area contributed by atoms with E-state index < -0.39 is 0 Å². The first kappa shape index (κ1) is 16.1. The van der Waals surface area contributed by atoms with Gasteiger partial charge in [0.25, 0.3) is 0 Å². The number of likely N-dealkylation sites (tertiary alicyclic amines) is 1. The van der Waals surface area contributed by atoms with Crippen LogP contribution in [-0.4, -0.2) is 53.0 Å². The van der Waals surface area contributed by atoms with Crippen LogP contribution >= 0.6 is 0 Å². The molecular formula is C19H24N4O2. The van der Waals surface area contributed by atoms with E-state index in [1.807, 2.05) is 36.1 Å². The molecule has 2 amide bonds. The number of likely N-dealkylation sites (N-methyl/N-ethyl adjacent to an activating group) is 1. The molecule has 1 aromatic heterocycles. The molecule has 3 heterocycles. The molecule has 25 heavy (non-hydrogen) atoms. The third kappa shape index (κ3) is 3.26. The van der Waals surface area contributed by atoms with E-state index in [4.69, 9.17) is 4.42 Å². The van der Waals surface area contributed by atoms with Gasteiger partial charge in [0.05, 0.1) is 6.20 Å². The van der Waals surface area contributed by atoms with Crippen LogP contribution in [0.3, 0.4) is 0 Å². The average Bonchev–Trinajstić information content (AvgIpc) is 3.11. The summed E-state index contributed by atoms with van der Waals surface area (Å²) in [4.78, 5) is 21.3. The van der Waals surface area contributed by atoms with E-state index in [0.29, 0.717) is 18.0 Å². The highest BCUT2D eigenvalue weighted by Gasteiger charge is 2.35. The number of fused-ring (bicyclic) bond motifs is 2. The standard InChI is InChI=1S/C19H24N4O2/c1-13-11-20-18(25-13)14-4-3-5-15(10-14)21-19(24)23-9-8-16-6-7-17(12-23)22(16)2/h3-5,10-11,16-17H,6-9,12H2,1-2H3,(H,21,24). The molecule has 2 unspecified atom stereocenters. The maximum Gasteiger partial charge on any atom is 0.321 e. The van der Waals surface area contributed by atoms with Gasteiger partial charge in [0, 0.05) is 36.4 Å². The van der Waals surface area contributed by atoms with Crippen molar-refractivity contribution in [3.63, 3.8) is 0 Å². The maximum atomic E-state index is 12.7. The number of oxazole rings is 1. The van der Waals surface area contributed by atoms with Crippen LogP contribution in [-0.2, 0) is 0 Å². The van der Waals surface area contributed by atoms with Crippen LogP contribution in [0, 0.1) is 6.92 Å². The highest BCUT2D eigenvalue weighted by molar-refractivity contribution is 5.90. The van der Waals surface area contributed by atoms with E-state index in [1.54, 1.807) is 6.20 Å². The third-order valence-electron chi connectivity index (χ3n) is 5.42. The summed E-state index contributed by atoms with van der Waals surface area (Å²) < 4.78 is 5.57. The molecule has 1 aromatic carbocycles. The SMILES string of the molecule is Cc1cnc(-c2cccc(NC(=O)N3CCC4CCC(C3)N4C)c2)o1. The minimum atomic E-state index is -0.0262. The molecule has 4 rings (SSSR count). The molecule has 2 fully saturated rings. The molecule has 2 atom stereocenters. The van der Waals surface area contributed by atoms with Gasteiger partial charge in [-0.3, -0.25) is 4.90 Å². The van der Waals surface area contributed by atoms with E-state index in [0.717, 1.165) is 36.5 Å². The lowest BCUT2D eigenvalue weighted by atomic mass is 10.1. The number of amides is 2. The van der Waals surface area contributed by atoms with Gasteiger partial charge >= 0.3 is 6.03 Å². The van der Waals surface area contributed by atoms with Crippen molar-refractivity contribution in [2.24, 2.45) is 0 Å². The number of nitrogens with one attached hydrogen (secondary N) is 1. The van der Waals surface area contributed by atoms with Crippen molar-refractivity contribution in [2.45, 2.75) is 38.3 Å². The summed E-state index contributed by atoms with van der Waals surface area (Å²) in [6, 6.07) is 8.72. The van der Waals surface area contributed by atoms with Gasteiger partial charge in [-0.2, -0.15) is 0 Å². The van der Waals surface area contributed by atoms with E-state index in [1.165, 1.54) is 12.8 Å². The Hall–Kier alpha value is -2.34. The Kier molecular flexibility index (Phi) is 4.21. The van der Waals surface area contributed by atoms with Crippen LogP contribution < -0.4 is 5.32 Å². The molecule has 0 radical (unpaired) electrons. The number of hydrogen-bond donors (Lipinski definition) is 1. The van der Waals surface area contributed by atoms with Gasteiger partial charge in [-0.15, -0.1) is 0 Å². The van der Waals surface area contributed by atoms with Crippen molar-refractivity contribution >= 4 is 11.7 Å². The number of aromatic nitrogens is 1. The molecule has 2 aliphatic rings. The van der Waals surface area contributed by atoms with E-state index in [9.17, 15) is 4.79 Å². The topological polar surface area (TPSA) is 61.6 Å².